The summed E-state index contributed by atoms with van der Waals surface area (Å²) >= 11 is 0. The summed E-state index contributed by atoms with van der Waals surface area (Å²) in [4.78, 5) is 10.8. The molecular weight excluding hydrogens is 427 g/mol. The molecule has 0 radical (unpaired) electrons. The molecule has 0 amide bonds. The molecule has 3 nitrogen and oxygen atoms in total. The van der Waals surface area contributed by atoms with E-state index < -0.39 is 17.7 Å². The van der Waals surface area contributed by atoms with Crippen LogP contribution in [0.15, 0.2) is 60.7 Å². The minimum atomic E-state index is -4.50. The first-order valence-electron chi connectivity index (χ1n) is 11.4. The molecule has 1 aliphatic rings. The zero-order valence-corrected chi connectivity index (χ0v) is 18.5. The molecule has 2 N–H and O–H groups in total. The molecule has 0 aliphatic heterocycles. The maximum atomic E-state index is 13.6. The topological polar surface area (TPSA) is 49.3 Å². The van der Waals surface area contributed by atoms with E-state index >= 15 is 0 Å². The fraction of sp³-hybridized carbons (Fsp3) is 0.370. The summed E-state index contributed by atoms with van der Waals surface area (Å²) in [7, 11) is 0. The first-order chi connectivity index (χ1) is 15.7. The minimum Gasteiger partial charge on any atom is -0.481 e. The fourth-order valence-corrected chi connectivity index (χ4v) is 5.08. The predicted molar refractivity (Wildman–Crippen MR) is 123 cm³/mol. The van der Waals surface area contributed by atoms with Crippen LogP contribution < -0.4 is 5.32 Å². The first kappa shape index (κ1) is 23.3. The van der Waals surface area contributed by atoms with Crippen molar-refractivity contribution < 1.29 is 23.1 Å². The van der Waals surface area contributed by atoms with E-state index in [-0.39, 0.29) is 36.4 Å². The quantitative estimate of drug-likeness (QED) is 0.409. The van der Waals surface area contributed by atoms with E-state index in [1.807, 2.05) is 12.1 Å². The van der Waals surface area contributed by atoms with Crippen LogP contribution in [-0.2, 0) is 17.4 Å². The lowest BCUT2D eigenvalue weighted by molar-refractivity contribution is -0.140. The van der Waals surface area contributed by atoms with Crippen LogP contribution in [0.25, 0.3) is 10.8 Å². The Morgan fingerprint density at radius 1 is 1.09 bits per heavy atom. The van der Waals surface area contributed by atoms with Gasteiger partial charge in [-0.3, -0.25) is 4.79 Å². The number of aryl methyl sites for hydroxylation is 1. The maximum absolute atomic E-state index is 13.6. The summed E-state index contributed by atoms with van der Waals surface area (Å²) in [6.07, 6.45) is -2.43. The van der Waals surface area contributed by atoms with Crippen molar-refractivity contribution in [1.29, 1.82) is 0 Å². The molecule has 0 bridgehead atoms. The zero-order valence-electron chi connectivity index (χ0n) is 18.5. The molecule has 1 aliphatic carbocycles. The van der Waals surface area contributed by atoms with Gasteiger partial charge in [0.1, 0.15) is 0 Å². The second kappa shape index (κ2) is 9.56. The normalized spacial score (nSPS) is 19.6. The molecule has 33 heavy (non-hydrogen) atoms. The molecular formula is C27H28F3NO2. The molecule has 3 aromatic rings. The predicted octanol–water partition coefficient (Wildman–Crippen LogP) is 6.86. The highest BCUT2D eigenvalue weighted by atomic mass is 19.4. The summed E-state index contributed by atoms with van der Waals surface area (Å²) in [6.45, 7) is 2.13. The van der Waals surface area contributed by atoms with Crippen molar-refractivity contribution in [2.24, 2.45) is 0 Å². The van der Waals surface area contributed by atoms with E-state index in [0.717, 1.165) is 19.3 Å². The summed E-state index contributed by atoms with van der Waals surface area (Å²) in [5.41, 5.74) is 1.25. The van der Waals surface area contributed by atoms with Crippen LogP contribution in [0, 0.1) is 0 Å². The average Bonchev–Trinajstić information content (AvgIpc) is 3.25. The minimum absolute atomic E-state index is 0.0471. The van der Waals surface area contributed by atoms with Gasteiger partial charge in [0, 0.05) is 18.5 Å². The molecule has 174 valence electrons. The van der Waals surface area contributed by atoms with E-state index in [1.165, 1.54) is 28.5 Å². The lowest BCUT2D eigenvalue weighted by Gasteiger charge is -2.22. The van der Waals surface area contributed by atoms with E-state index in [2.05, 4.69) is 42.6 Å². The van der Waals surface area contributed by atoms with Crippen LogP contribution >= 0.6 is 0 Å². The number of carboxylic acids is 1. The summed E-state index contributed by atoms with van der Waals surface area (Å²) < 4.78 is 40.9. The number of carboxylic acid groups (broad SMARTS) is 1. The summed E-state index contributed by atoms with van der Waals surface area (Å²) in [6, 6.07) is 19.3. The number of rotatable bonds is 7. The second-order valence-corrected chi connectivity index (χ2v) is 8.97. The Morgan fingerprint density at radius 2 is 1.85 bits per heavy atom. The van der Waals surface area contributed by atoms with E-state index in [9.17, 15) is 18.0 Å². The standard InChI is InChI=1S/C27H28F3NO2/c1-17(23-8-4-6-18-5-2-3-7-24(18)23)31-22-13-11-20(15-22)21-10-9-19(12-14-26(32)33)25(16-21)27(28,29)30/h2-10,16-17,20,22,31H,11-15H2,1H3,(H,32,33)/t17-,20?,22-/m1/s1. The molecule has 1 unspecified atom stereocenters. The van der Waals surface area contributed by atoms with Crippen molar-refractivity contribution in [3.63, 3.8) is 0 Å². The molecule has 0 spiro atoms. The second-order valence-electron chi connectivity index (χ2n) is 8.97. The number of fused-ring (bicyclic) bond motifs is 1. The van der Waals surface area contributed by atoms with Crippen molar-refractivity contribution in [2.45, 2.75) is 63.2 Å². The highest BCUT2D eigenvalue weighted by molar-refractivity contribution is 5.86. The largest absolute Gasteiger partial charge is 0.481 e. The number of hydrogen-bond acceptors (Lipinski definition) is 2. The van der Waals surface area contributed by atoms with Gasteiger partial charge in [0.05, 0.1) is 5.56 Å². The smallest absolute Gasteiger partial charge is 0.416 e. The number of benzene rings is 3. The number of alkyl halides is 3. The molecule has 3 aromatic carbocycles. The zero-order chi connectivity index (χ0) is 23.6. The Balaban J connectivity index is 1.47. The maximum Gasteiger partial charge on any atom is 0.416 e. The van der Waals surface area contributed by atoms with Gasteiger partial charge >= 0.3 is 12.1 Å². The Kier molecular flexibility index (Phi) is 6.75. The molecule has 0 saturated heterocycles. The van der Waals surface area contributed by atoms with E-state index in [1.54, 1.807) is 6.07 Å². The van der Waals surface area contributed by atoms with Gasteiger partial charge in [-0.05, 0) is 72.1 Å². The van der Waals surface area contributed by atoms with E-state index in [4.69, 9.17) is 5.11 Å². The van der Waals surface area contributed by atoms with Crippen LogP contribution in [0.1, 0.15) is 66.8 Å². The molecule has 1 saturated carbocycles. The van der Waals surface area contributed by atoms with Gasteiger partial charge in [0.25, 0.3) is 0 Å². The van der Waals surface area contributed by atoms with Crippen LogP contribution in [0.5, 0.6) is 0 Å². The Labute approximate surface area is 191 Å². The van der Waals surface area contributed by atoms with Gasteiger partial charge in [0.2, 0.25) is 0 Å². The van der Waals surface area contributed by atoms with Crippen molar-refractivity contribution in [2.75, 3.05) is 0 Å². The lowest BCUT2D eigenvalue weighted by atomic mass is 9.92. The van der Waals surface area contributed by atoms with Crippen molar-refractivity contribution in [3.8, 4) is 0 Å². The van der Waals surface area contributed by atoms with Gasteiger partial charge < -0.3 is 10.4 Å². The Hall–Kier alpha value is -2.86. The third-order valence-corrected chi connectivity index (χ3v) is 6.73. The van der Waals surface area contributed by atoms with Gasteiger partial charge in [-0.2, -0.15) is 13.2 Å². The van der Waals surface area contributed by atoms with Crippen LogP contribution in [-0.4, -0.2) is 17.1 Å². The van der Waals surface area contributed by atoms with Gasteiger partial charge in [-0.15, -0.1) is 0 Å². The molecule has 0 heterocycles. The molecule has 3 atom stereocenters. The summed E-state index contributed by atoms with van der Waals surface area (Å²) in [5.74, 6) is -1.05. The van der Waals surface area contributed by atoms with Crippen LogP contribution in [0.3, 0.4) is 0 Å². The van der Waals surface area contributed by atoms with Crippen LogP contribution in [0.4, 0.5) is 13.2 Å². The van der Waals surface area contributed by atoms with Crippen molar-refractivity contribution in [3.05, 3.63) is 82.9 Å². The first-order valence-corrected chi connectivity index (χ1v) is 11.4. The highest BCUT2D eigenvalue weighted by Crippen LogP contribution is 2.40. The molecule has 1 fully saturated rings. The highest BCUT2D eigenvalue weighted by Gasteiger charge is 2.35. The average molecular weight is 456 g/mol. The van der Waals surface area contributed by atoms with Crippen LogP contribution in [0.2, 0.25) is 0 Å². The van der Waals surface area contributed by atoms with Gasteiger partial charge in [-0.1, -0.05) is 54.6 Å². The number of hydrogen-bond donors (Lipinski definition) is 2. The number of carbonyl (C=O) groups is 1. The number of aliphatic carboxylic acids is 1. The SMILES string of the molecule is C[C@@H](N[C@@H]1CCC(c2ccc(CCC(=O)O)c(C(F)(F)F)c2)C1)c1cccc2ccccc12. The monoisotopic (exact) mass is 455 g/mol. The third kappa shape index (κ3) is 5.38. The Bertz CT molecular complexity index is 1140. The number of halogens is 3. The lowest BCUT2D eigenvalue weighted by Crippen LogP contribution is -2.29. The van der Waals surface area contributed by atoms with Gasteiger partial charge in [0.15, 0.2) is 0 Å². The molecule has 4 rings (SSSR count). The summed E-state index contributed by atoms with van der Waals surface area (Å²) in [5, 5.41) is 14.9. The molecule has 6 heteroatoms. The number of nitrogens with one attached hydrogen (secondary N) is 1. The third-order valence-electron chi connectivity index (χ3n) is 6.73. The van der Waals surface area contributed by atoms with E-state index in [0.29, 0.717) is 5.56 Å². The fourth-order valence-electron chi connectivity index (χ4n) is 5.08. The van der Waals surface area contributed by atoms with Gasteiger partial charge in [-0.25, -0.2) is 0 Å². The van der Waals surface area contributed by atoms with Crippen molar-refractivity contribution in [1.82, 2.24) is 5.32 Å². The molecule has 0 aromatic heterocycles. The van der Waals surface area contributed by atoms with Crippen molar-refractivity contribution >= 4 is 16.7 Å². The Morgan fingerprint density at radius 3 is 2.61 bits per heavy atom.